The van der Waals surface area contributed by atoms with Crippen LogP contribution in [0.2, 0.25) is 0 Å². The fourth-order valence-electron chi connectivity index (χ4n) is 2.77. The maximum absolute atomic E-state index is 12.2. The van der Waals surface area contributed by atoms with Crippen molar-refractivity contribution in [2.24, 2.45) is 5.10 Å². The minimum atomic E-state index is -0.783. The molecule has 0 aliphatic carbocycles. The largest absolute Gasteiger partial charge is 0.363 e. The van der Waals surface area contributed by atoms with Crippen LogP contribution in [0.3, 0.4) is 0 Å². The van der Waals surface area contributed by atoms with E-state index in [1.807, 2.05) is 35.7 Å². The number of carbonyl (C=O) groups is 3. The molecule has 0 spiro atoms. The second-order valence-electron chi connectivity index (χ2n) is 6.36. The van der Waals surface area contributed by atoms with Crippen LogP contribution >= 0.6 is 11.3 Å². The number of nitrogens with zero attached hydrogens (tertiary/aromatic N) is 3. The lowest BCUT2D eigenvalue weighted by atomic mass is 10.1. The van der Waals surface area contributed by atoms with Gasteiger partial charge in [-0.05, 0) is 17.7 Å². The third kappa shape index (κ3) is 4.41. The maximum atomic E-state index is 12.2. The molecule has 2 aromatic carbocycles. The molecule has 1 saturated heterocycles. The molecule has 0 bridgehead atoms. The molecule has 30 heavy (non-hydrogen) atoms. The highest BCUT2D eigenvalue weighted by atomic mass is 32.1. The minimum Gasteiger partial charge on any atom is -0.325 e. The van der Waals surface area contributed by atoms with Crippen LogP contribution in [-0.2, 0) is 14.4 Å². The molecule has 4 rings (SSSR count). The number of nitrogens with one attached hydrogen (secondary N) is 1. The van der Waals surface area contributed by atoms with E-state index < -0.39 is 17.8 Å². The van der Waals surface area contributed by atoms with Crippen LogP contribution in [0.1, 0.15) is 28.8 Å². The fourth-order valence-corrected chi connectivity index (χ4v) is 3.44. The summed E-state index contributed by atoms with van der Waals surface area (Å²) >= 11 is 1.43. The van der Waals surface area contributed by atoms with Crippen LogP contribution < -0.4 is 5.43 Å². The zero-order chi connectivity index (χ0) is 20.9. The zero-order valence-electron chi connectivity index (χ0n) is 15.6. The third-order valence-corrected chi connectivity index (χ3v) is 5.00. The lowest BCUT2D eigenvalue weighted by Crippen LogP contribution is -2.32. The van der Waals surface area contributed by atoms with Crippen molar-refractivity contribution in [1.29, 1.82) is 0 Å². The average Bonchev–Trinajstić information content (AvgIpc) is 3.37. The summed E-state index contributed by atoms with van der Waals surface area (Å²) in [6.45, 7) is 0. The van der Waals surface area contributed by atoms with Crippen molar-refractivity contribution in [2.45, 2.75) is 12.8 Å². The predicted octanol–water partition coefficient (Wildman–Crippen LogP) is 3.48. The van der Waals surface area contributed by atoms with Crippen LogP contribution in [0.5, 0.6) is 0 Å². The van der Waals surface area contributed by atoms with Gasteiger partial charge >= 0.3 is 5.97 Å². The summed E-state index contributed by atoms with van der Waals surface area (Å²) in [5.41, 5.74) is 5.58. The molecular weight excluding hydrogens is 404 g/mol. The predicted molar refractivity (Wildman–Crippen MR) is 112 cm³/mol. The second-order valence-corrected chi connectivity index (χ2v) is 7.22. The highest BCUT2D eigenvalue weighted by Crippen LogP contribution is 2.24. The van der Waals surface area contributed by atoms with Crippen molar-refractivity contribution in [3.63, 3.8) is 0 Å². The summed E-state index contributed by atoms with van der Waals surface area (Å²) < 4.78 is 0. The molecule has 0 radical (unpaired) electrons. The Bertz CT molecular complexity index is 1110. The number of aromatic nitrogens is 1. The number of anilines is 1. The SMILES string of the molecule is O=C(ON1C(=O)CCC1=O)c1cccc(C=NNc2nc(-c3ccccc3)cs2)c1. The number of amides is 2. The van der Waals surface area contributed by atoms with Gasteiger partial charge in [-0.25, -0.2) is 9.78 Å². The first-order valence-corrected chi connectivity index (χ1v) is 9.96. The second kappa shape index (κ2) is 8.66. The van der Waals surface area contributed by atoms with Gasteiger partial charge in [-0.15, -0.1) is 16.4 Å². The van der Waals surface area contributed by atoms with Crippen molar-refractivity contribution in [1.82, 2.24) is 10.0 Å². The Kier molecular flexibility index (Phi) is 5.62. The molecule has 1 fully saturated rings. The average molecular weight is 420 g/mol. The van der Waals surface area contributed by atoms with Gasteiger partial charge in [0.15, 0.2) is 0 Å². The molecule has 2 amide bonds. The number of imide groups is 1. The maximum Gasteiger partial charge on any atom is 0.363 e. The molecule has 2 heterocycles. The monoisotopic (exact) mass is 420 g/mol. The first kappa shape index (κ1) is 19.5. The van der Waals surface area contributed by atoms with Gasteiger partial charge in [-0.3, -0.25) is 15.0 Å². The third-order valence-electron chi connectivity index (χ3n) is 4.25. The number of hydroxylamine groups is 2. The summed E-state index contributed by atoms with van der Waals surface area (Å²) in [4.78, 5) is 44.8. The van der Waals surface area contributed by atoms with E-state index in [1.165, 1.54) is 23.6 Å². The molecule has 0 saturated carbocycles. The number of hydrazone groups is 1. The first-order valence-electron chi connectivity index (χ1n) is 9.08. The molecule has 3 aromatic rings. The molecule has 0 unspecified atom stereocenters. The number of hydrogen-bond acceptors (Lipinski definition) is 8. The summed E-state index contributed by atoms with van der Waals surface area (Å²) in [6, 6.07) is 16.3. The number of thiazole rings is 1. The van der Waals surface area contributed by atoms with Crippen LogP contribution in [0.25, 0.3) is 11.3 Å². The number of rotatable bonds is 6. The van der Waals surface area contributed by atoms with E-state index in [0.717, 1.165) is 11.3 Å². The smallest absolute Gasteiger partial charge is 0.325 e. The van der Waals surface area contributed by atoms with Gasteiger partial charge in [-0.2, -0.15) is 5.10 Å². The molecule has 1 aromatic heterocycles. The standard InChI is InChI=1S/C21H16N4O4S/c26-18-9-10-19(27)25(18)29-20(28)16-8-4-5-14(11-16)12-22-24-21-23-17(13-30-21)15-6-2-1-3-7-15/h1-8,11-13H,9-10H2,(H,23,24). The van der Waals surface area contributed by atoms with Gasteiger partial charge in [0, 0.05) is 23.8 Å². The molecule has 1 aliphatic heterocycles. The van der Waals surface area contributed by atoms with E-state index in [-0.39, 0.29) is 18.4 Å². The van der Waals surface area contributed by atoms with Gasteiger partial charge in [0.2, 0.25) is 5.13 Å². The van der Waals surface area contributed by atoms with Crippen molar-refractivity contribution < 1.29 is 19.2 Å². The number of benzene rings is 2. The molecule has 1 aliphatic rings. The van der Waals surface area contributed by atoms with Crippen LogP contribution in [-0.4, -0.2) is 34.0 Å². The van der Waals surface area contributed by atoms with Crippen LogP contribution in [0.4, 0.5) is 5.13 Å². The molecule has 8 nitrogen and oxygen atoms in total. The van der Waals surface area contributed by atoms with Gasteiger partial charge in [-0.1, -0.05) is 42.5 Å². The van der Waals surface area contributed by atoms with E-state index in [4.69, 9.17) is 4.84 Å². The zero-order valence-corrected chi connectivity index (χ0v) is 16.5. The Morgan fingerprint density at radius 3 is 2.63 bits per heavy atom. The van der Waals surface area contributed by atoms with Crippen molar-refractivity contribution in [3.8, 4) is 11.3 Å². The summed E-state index contributed by atoms with van der Waals surface area (Å²) in [6.07, 6.45) is 1.63. The van der Waals surface area contributed by atoms with Gasteiger partial charge in [0.1, 0.15) is 0 Å². The summed E-state index contributed by atoms with van der Waals surface area (Å²) in [7, 11) is 0. The number of carbonyl (C=O) groups excluding carboxylic acids is 3. The van der Waals surface area contributed by atoms with Crippen LogP contribution in [0.15, 0.2) is 65.1 Å². The van der Waals surface area contributed by atoms with E-state index >= 15 is 0 Å². The van der Waals surface area contributed by atoms with E-state index in [1.54, 1.807) is 18.2 Å². The van der Waals surface area contributed by atoms with Crippen molar-refractivity contribution in [2.75, 3.05) is 5.43 Å². The lowest BCUT2D eigenvalue weighted by Gasteiger charge is -2.12. The van der Waals surface area contributed by atoms with Gasteiger partial charge in [0.05, 0.1) is 17.5 Å². The molecule has 150 valence electrons. The van der Waals surface area contributed by atoms with Crippen molar-refractivity contribution in [3.05, 3.63) is 71.1 Å². The lowest BCUT2D eigenvalue weighted by molar-refractivity contribution is -0.172. The van der Waals surface area contributed by atoms with E-state index in [9.17, 15) is 14.4 Å². The normalized spacial score (nSPS) is 13.8. The highest BCUT2D eigenvalue weighted by molar-refractivity contribution is 7.14. The molecule has 1 N–H and O–H groups in total. The Hall–Kier alpha value is -3.85. The van der Waals surface area contributed by atoms with Gasteiger partial charge < -0.3 is 4.84 Å². The van der Waals surface area contributed by atoms with Crippen molar-refractivity contribution >= 4 is 40.5 Å². The molecule has 9 heteroatoms. The van der Waals surface area contributed by atoms with E-state index in [2.05, 4.69) is 15.5 Å². The highest BCUT2D eigenvalue weighted by Gasteiger charge is 2.33. The molecular formula is C21H16N4O4S. The summed E-state index contributed by atoms with van der Waals surface area (Å²) in [5, 5.41) is 7.24. The fraction of sp³-hybridized carbons (Fsp3) is 0.0952. The van der Waals surface area contributed by atoms with Gasteiger partial charge in [0.25, 0.3) is 11.8 Å². The topological polar surface area (TPSA) is 101 Å². The van der Waals surface area contributed by atoms with E-state index in [0.29, 0.717) is 15.8 Å². The first-order chi connectivity index (χ1) is 14.6. The Morgan fingerprint density at radius 1 is 1.10 bits per heavy atom. The molecule has 0 atom stereocenters. The quantitative estimate of drug-likeness (QED) is 0.372. The minimum absolute atomic E-state index is 0.0488. The number of hydrogen-bond donors (Lipinski definition) is 1. The van der Waals surface area contributed by atoms with Crippen LogP contribution in [0, 0.1) is 0 Å². The Balaban J connectivity index is 1.39. The summed E-state index contributed by atoms with van der Waals surface area (Å²) in [5.74, 6) is -1.82. The Labute approximate surface area is 175 Å². The Morgan fingerprint density at radius 2 is 1.87 bits per heavy atom.